The molecule has 0 aliphatic heterocycles. The number of carboxylic acid groups (broad SMARTS) is 1. The first kappa shape index (κ1) is 16.9. The molecule has 0 aliphatic carbocycles. The van der Waals surface area contributed by atoms with Gasteiger partial charge in [-0.1, -0.05) is 20.8 Å². The number of aliphatic carboxylic acids is 1. The minimum atomic E-state index is -0.892. The molecular weight excluding hydrogens is 274 g/mol. The molecule has 0 aliphatic rings. The van der Waals surface area contributed by atoms with E-state index in [1.165, 1.54) is 12.3 Å². The molecule has 116 valence electrons. The average Bonchev–Trinajstić information content (AvgIpc) is 2.28. The van der Waals surface area contributed by atoms with Crippen molar-refractivity contribution in [3.05, 3.63) is 27.9 Å². The first-order valence-electron chi connectivity index (χ1n) is 6.68. The van der Waals surface area contributed by atoms with E-state index in [2.05, 4.69) is 10.3 Å². The summed E-state index contributed by atoms with van der Waals surface area (Å²) in [5, 5.41) is 22.8. The number of hydrogen-bond acceptors (Lipinski definition) is 5. The van der Waals surface area contributed by atoms with Crippen molar-refractivity contribution in [2.24, 2.45) is 5.41 Å². The van der Waals surface area contributed by atoms with Gasteiger partial charge in [0.1, 0.15) is 12.0 Å². The fourth-order valence-corrected chi connectivity index (χ4v) is 2.13. The summed E-state index contributed by atoms with van der Waals surface area (Å²) in [7, 11) is 0. The third kappa shape index (κ3) is 5.76. The lowest BCUT2D eigenvalue weighted by Gasteiger charge is -2.26. The summed E-state index contributed by atoms with van der Waals surface area (Å²) >= 11 is 0. The van der Waals surface area contributed by atoms with Crippen molar-refractivity contribution in [1.29, 1.82) is 0 Å². The molecule has 0 spiro atoms. The topological polar surface area (TPSA) is 105 Å². The third-order valence-corrected chi connectivity index (χ3v) is 2.90. The Kier molecular flexibility index (Phi) is 5.23. The SMILES string of the molecule is Cc1cc([N+](=O)[O-])cnc1NC(CC(=O)O)CC(C)(C)C. The van der Waals surface area contributed by atoms with Gasteiger partial charge in [-0.25, -0.2) is 4.98 Å². The highest BCUT2D eigenvalue weighted by molar-refractivity contribution is 5.68. The Labute approximate surface area is 123 Å². The Bertz CT molecular complexity index is 538. The number of hydrogen-bond donors (Lipinski definition) is 2. The van der Waals surface area contributed by atoms with Gasteiger partial charge in [0.2, 0.25) is 0 Å². The molecular formula is C14H21N3O4. The van der Waals surface area contributed by atoms with Crippen molar-refractivity contribution in [1.82, 2.24) is 4.98 Å². The number of pyridine rings is 1. The number of carboxylic acids is 1. The zero-order valence-corrected chi connectivity index (χ0v) is 12.7. The van der Waals surface area contributed by atoms with Gasteiger partial charge < -0.3 is 10.4 Å². The Morgan fingerprint density at radius 1 is 1.52 bits per heavy atom. The Balaban J connectivity index is 2.92. The summed E-state index contributed by atoms with van der Waals surface area (Å²) < 4.78 is 0. The van der Waals surface area contributed by atoms with Crippen LogP contribution in [-0.4, -0.2) is 27.0 Å². The van der Waals surface area contributed by atoms with E-state index in [9.17, 15) is 14.9 Å². The summed E-state index contributed by atoms with van der Waals surface area (Å²) in [6, 6.07) is 1.14. The number of nitrogens with zero attached hydrogens (tertiary/aromatic N) is 2. The second-order valence-electron chi connectivity index (χ2n) is 6.32. The molecule has 0 saturated carbocycles. The molecule has 0 aromatic carbocycles. The highest BCUT2D eigenvalue weighted by Gasteiger charge is 2.22. The number of carbonyl (C=O) groups is 1. The predicted octanol–water partition coefficient (Wildman–Crippen LogP) is 2.99. The molecule has 0 fully saturated rings. The third-order valence-electron chi connectivity index (χ3n) is 2.90. The summed E-state index contributed by atoms with van der Waals surface area (Å²) in [6.45, 7) is 7.79. The fraction of sp³-hybridized carbons (Fsp3) is 0.571. The lowest BCUT2D eigenvalue weighted by atomic mass is 9.87. The summed E-state index contributed by atoms with van der Waals surface area (Å²) in [4.78, 5) is 25.2. The molecule has 21 heavy (non-hydrogen) atoms. The van der Waals surface area contributed by atoms with Crippen LogP contribution >= 0.6 is 0 Å². The van der Waals surface area contributed by atoms with Gasteiger partial charge >= 0.3 is 5.97 Å². The van der Waals surface area contributed by atoms with Crippen molar-refractivity contribution in [3.63, 3.8) is 0 Å². The Hall–Kier alpha value is -2.18. The van der Waals surface area contributed by atoms with Crippen LogP contribution in [0.15, 0.2) is 12.3 Å². The van der Waals surface area contributed by atoms with Crippen LogP contribution in [0.5, 0.6) is 0 Å². The van der Waals surface area contributed by atoms with Gasteiger partial charge in [-0.3, -0.25) is 14.9 Å². The molecule has 1 unspecified atom stereocenters. The van der Waals surface area contributed by atoms with E-state index in [4.69, 9.17) is 5.11 Å². The van der Waals surface area contributed by atoms with E-state index >= 15 is 0 Å². The van der Waals surface area contributed by atoms with Crippen LogP contribution in [0, 0.1) is 22.5 Å². The van der Waals surface area contributed by atoms with E-state index in [-0.39, 0.29) is 23.6 Å². The number of rotatable bonds is 6. The lowest BCUT2D eigenvalue weighted by molar-refractivity contribution is -0.385. The molecule has 1 rings (SSSR count). The van der Waals surface area contributed by atoms with Gasteiger partial charge in [0, 0.05) is 12.1 Å². The Morgan fingerprint density at radius 2 is 2.14 bits per heavy atom. The van der Waals surface area contributed by atoms with Gasteiger partial charge in [0.25, 0.3) is 5.69 Å². The minimum absolute atomic E-state index is 0.0324. The zero-order chi connectivity index (χ0) is 16.2. The van der Waals surface area contributed by atoms with Crippen molar-refractivity contribution < 1.29 is 14.8 Å². The summed E-state index contributed by atoms with van der Waals surface area (Å²) in [6.07, 6.45) is 1.79. The molecule has 7 heteroatoms. The smallest absolute Gasteiger partial charge is 0.305 e. The van der Waals surface area contributed by atoms with Crippen LogP contribution in [0.1, 0.15) is 39.2 Å². The van der Waals surface area contributed by atoms with E-state index in [0.29, 0.717) is 17.8 Å². The number of aryl methyl sites for hydroxylation is 1. The monoisotopic (exact) mass is 295 g/mol. The minimum Gasteiger partial charge on any atom is -0.481 e. The molecule has 0 amide bonds. The number of aromatic nitrogens is 1. The van der Waals surface area contributed by atoms with E-state index < -0.39 is 10.9 Å². The molecule has 2 N–H and O–H groups in total. The van der Waals surface area contributed by atoms with E-state index in [1.807, 2.05) is 20.8 Å². The maximum atomic E-state index is 11.0. The van der Waals surface area contributed by atoms with E-state index in [1.54, 1.807) is 6.92 Å². The highest BCUT2D eigenvalue weighted by Crippen LogP contribution is 2.26. The van der Waals surface area contributed by atoms with Gasteiger partial charge in [-0.2, -0.15) is 0 Å². The number of nitro groups is 1. The van der Waals surface area contributed by atoms with Crippen LogP contribution in [0.25, 0.3) is 0 Å². The standard InChI is InChI=1S/C14H21N3O4/c1-9-5-11(17(20)21)8-15-13(9)16-10(6-12(18)19)7-14(2,3)4/h5,8,10H,6-7H2,1-4H3,(H,15,16)(H,18,19). The molecule has 1 aromatic heterocycles. The quantitative estimate of drug-likeness (QED) is 0.617. The second-order valence-corrected chi connectivity index (χ2v) is 6.32. The van der Waals surface area contributed by atoms with Crippen molar-refractivity contribution in [2.75, 3.05) is 5.32 Å². The first-order valence-corrected chi connectivity index (χ1v) is 6.68. The maximum Gasteiger partial charge on any atom is 0.305 e. The average molecular weight is 295 g/mol. The Morgan fingerprint density at radius 3 is 2.57 bits per heavy atom. The van der Waals surface area contributed by atoms with Crippen LogP contribution in [0.3, 0.4) is 0 Å². The lowest BCUT2D eigenvalue weighted by Crippen LogP contribution is -2.29. The molecule has 0 bridgehead atoms. The highest BCUT2D eigenvalue weighted by atomic mass is 16.6. The van der Waals surface area contributed by atoms with Gasteiger partial charge in [0.15, 0.2) is 0 Å². The van der Waals surface area contributed by atoms with Gasteiger partial charge in [-0.05, 0) is 24.3 Å². The predicted molar refractivity (Wildman–Crippen MR) is 79.4 cm³/mol. The second kappa shape index (κ2) is 6.51. The molecule has 1 heterocycles. The van der Waals surface area contributed by atoms with Crippen molar-refractivity contribution in [2.45, 2.75) is 46.6 Å². The van der Waals surface area contributed by atoms with Gasteiger partial charge in [-0.15, -0.1) is 0 Å². The molecule has 1 atom stereocenters. The van der Waals surface area contributed by atoms with Crippen LogP contribution < -0.4 is 5.32 Å². The summed E-state index contributed by atoms with van der Waals surface area (Å²) in [5.41, 5.74) is 0.499. The number of anilines is 1. The maximum absolute atomic E-state index is 11.0. The first-order chi connectivity index (χ1) is 9.58. The van der Waals surface area contributed by atoms with Crippen molar-refractivity contribution in [3.8, 4) is 0 Å². The molecule has 0 saturated heterocycles. The fourth-order valence-electron chi connectivity index (χ4n) is 2.13. The van der Waals surface area contributed by atoms with Crippen LogP contribution in [0.4, 0.5) is 11.5 Å². The van der Waals surface area contributed by atoms with Crippen molar-refractivity contribution >= 4 is 17.5 Å². The number of nitrogens with one attached hydrogen (secondary N) is 1. The molecule has 1 aromatic rings. The van der Waals surface area contributed by atoms with Gasteiger partial charge in [0.05, 0.1) is 11.3 Å². The van der Waals surface area contributed by atoms with Crippen LogP contribution in [-0.2, 0) is 4.79 Å². The summed E-state index contributed by atoms with van der Waals surface area (Å²) in [5.74, 6) is -0.410. The van der Waals surface area contributed by atoms with Crippen LogP contribution in [0.2, 0.25) is 0 Å². The largest absolute Gasteiger partial charge is 0.481 e. The normalized spacial score (nSPS) is 12.8. The molecule has 7 nitrogen and oxygen atoms in total. The molecule has 0 radical (unpaired) electrons. The van der Waals surface area contributed by atoms with E-state index in [0.717, 1.165) is 0 Å². The zero-order valence-electron chi connectivity index (χ0n) is 12.7.